The molecule has 1 aromatic rings. The molecule has 0 bridgehead atoms. The Morgan fingerprint density at radius 3 is 2.78 bits per heavy atom. The van der Waals surface area contributed by atoms with Gasteiger partial charge in [0.05, 0.1) is 12.2 Å². The molecule has 0 spiro atoms. The third-order valence-electron chi connectivity index (χ3n) is 2.29. The number of benzene rings is 1. The smallest absolute Gasteiger partial charge is 0.338 e. The first-order chi connectivity index (χ1) is 8.52. The van der Waals surface area contributed by atoms with Gasteiger partial charge in [0.1, 0.15) is 18.0 Å². The van der Waals surface area contributed by atoms with Crippen LogP contribution in [0.2, 0.25) is 0 Å². The lowest BCUT2D eigenvalue weighted by molar-refractivity contribution is -0.159. The number of ether oxygens (including phenoxy) is 1. The van der Waals surface area contributed by atoms with Crippen LogP contribution in [0.25, 0.3) is 0 Å². The van der Waals surface area contributed by atoms with Gasteiger partial charge in [-0.2, -0.15) is 5.26 Å². The minimum Gasteiger partial charge on any atom is -0.464 e. The molecule has 0 aliphatic carbocycles. The molecule has 6 heteroatoms. The van der Waals surface area contributed by atoms with Gasteiger partial charge in [0.15, 0.2) is 6.10 Å². The molecule has 5 nitrogen and oxygen atoms in total. The molecule has 2 unspecified atom stereocenters. The Labute approximate surface area is 103 Å². The van der Waals surface area contributed by atoms with E-state index in [1.54, 1.807) is 6.07 Å². The first-order valence-electron chi connectivity index (χ1n) is 5.24. The zero-order valence-electron chi connectivity index (χ0n) is 9.63. The van der Waals surface area contributed by atoms with Crippen LogP contribution in [0.4, 0.5) is 4.39 Å². The second-order valence-corrected chi connectivity index (χ2v) is 3.46. The lowest BCUT2D eigenvalue weighted by Gasteiger charge is -2.17. The number of esters is 1. The second kappa shape index (κ2) is 6.10. The largest absolute Gasteiger partial charge is 0.464 e. The predicted octanol–water partition coefficient (Wildman–Crippen LogP) is 0.655. The summed E-state index contributed by atoms with van der Waals surface area (Å²) < 4.78 is 18.2. The van der Waals surface area contributed by atoms with Crippen molar-refractivity contribution in [3.05, 3.63) is 35.1 Å². The minimum atomic E-state index is -1.90. The van der Waals surface area contributed by atoms with Gasteiger partial charge < -0.3 is 14.9 Å². The molecule has 0 aliphatic rings. The van der Waals surface area contributed by atoms with E-state index >= 15 is 0 Å². The number of aliphatic hydroxyl groups excluding tert-OH is 2. The number of rotatable bonds is 4. The maximum Gasteiger partial charge on any atom is 0.338 e. The van der Waals surface area contributed by atoms with Crippen molar-refractivity contribution in [3.8, 4) is 6.07 Å². The molecule has 2 N–H and O–H groups in total. The van der Waals surface area contributed by atoms with Crippen molar-refractivity contribution >= 4 is 5.97 Å². The van der Waals surface area contributed by atoms with Gasteiger partial charge in [0.25, 0.3) is 0 Å². The van der Waals surface area contributed by atoms with Gasteiger partial charge in [0, 0.05) is 5.56 Å². The summed E-state index contributed by atoms with van der Waals surface area (Å²) in [5.41, 5.74) is -0.600. The number of carbonyl (C=O) groups excluding carboxylic acids is 1. The number of hydrogen-bond donors (Lipinski definition) is 2. The van der Waals surface area contributed by atoms with Crippen molar-refractivity contribution in [1.29, 1.82) is 5.26 Å². The first-order valence-corrected chi connectivity index (χ1v) is 5.24. The van der Waals surface area contributed by atoms with E-state index in [2.05, 4.69) is 4.74 Å². The van der Waals surface area contributed by atoms with Gasteiger partial charge in [-0.15, -0.1) is 0 Å². The van der Waals surface area contributed by atoms with Crippen LogP contribution in [0.1, 0.15) is 24.2 Å². The summed E-state index contributed by atoms with van der Waals surface area (Å²) in [7, 11) is 0. The highest BCUT2D eigenvalue weighted by atomic mass is 19.1. The Balaban J connectivity index is 3.01. The van der Waals surface area contributed by atoms with E-state index in [4.69, 9.17) is 5.26 Å². The van der Waals surface area contributed by atoms with Crippen LogP contribution >= 0.6 is 0 Å². The molecule has 0 aliphatic heterocycles. The van der Waals surface area contributed by atoms with Crippen LogP contribution in [-0.2, 0) is 9.53 Å². The van der Waals surface area contributed by atoms with Crippen molar-refractivity contribution in [3.63, 3.8) is 0 Å². The van der Waals surface area contributed by atoms with E-state index in [1.807, 2.05) is 0 Å². The fourth-order valence-electron chi connectivity index (χ4n) is 1.39. The molecule has 0 radical (unpaired) electrons. The summed E-state index contributed by atoms with van der Waals surface area (Å²) in [4.78, 5) is 11.2. The van der Waals surface area contributed by atoms with Crippen molar-refractivity contribution in [2.45, 2.75) is 19.1 Å². The normalized spacial score (nSPS) is 13.5. The van der Waals surface area contributed by atoms with E-state index in [0.717, 1.165) is 0 Å². The summed E-state index contributed by atoms with van der Waals surface area (Å²) in [6, 6.07) is 5.35. The van der Waals surface area contributed by atoms with Crippen molar-refractivity contribution in [1.82, 2.24) is 0 Å². The number of hydrogen-bond acceptors (Lipinski definition) is 5. The Hall–Kier alpha value is -1.97. The second-order valence-electron chi connectivity index (χ2n) is 3.46. The Morgan fingerprint density at radius 2 is 2.22 bits per heavy atom. The van der Waals surface area contributed by atoms with Gasteiger partial charge in [0.2, 0.25) is 0 Å². The van der Waals surface area contributed by atoms with Gasteiger partial charge in [-0.3, -0.25) is 0 Å². The zero-order valence-corrected chi connectivity index (χ0v) is 9.63. The fourth-order valence-corrected chi connectivity index (χ4v) is 1.39. The standard InChI is InChI=1S/C12H12FNO4/c1-2-18-12(17)11(16)10(15)8-5-3-4-7(6-14)9(8)13/h3-5,10-11,15-16H,2H2,1H3. The highest BCUT2D eigenvalue weighted by Crippen LogP contribution is 2.23. The molecule has 18 heavy (non-hydrogen) atoms. The number of nitrogens with zero attached hydrogens (tertiary/aromatic N) is 1. The van der Waals surface area contributed by atoms with Crippen LogP contribution in [0.5, 0.6) is 0 Å². The van der Waals surface area contributed by atoms with E-state index < -0.39 is 24.0 Å². The average Bonchev–Trinajstić information content (AvgIpc) is 2.37. The highest BCUT2D eigenvalue weighted by Gasteiger charge is 2.29. The van der Waals surface area contributed by atoms with Gasteiger partial charge in [-0.25, -0.2) is 9.18 Å². The molecular formula is C12H12FNO4. The van der Waals surface area contributed by atoms with Crippen LogP contribution in [0, 0.1) is 17.1 Å². The zero-order chi connectivity index (χ0) is 13.7. The van der Waals surface area contributed by atoms with Gasteiger partial charge in [-0.05, 0) is 13.0 Å². The molecule has 1 rings (SSSR count). The van der Waals surface area contributed by atoms with Gasteiger partial charge >= 0.3 is 5.97 Å². The summed E-state index contributed by atoms with van der Waals surface area (Å²) in [5, 5.41) is 27.8. The quantitative estimate of drug-likeness (QED) is 0.769. The maximum atomic E-state index is 13.7. The Morgan fingerprint density at radius 1 is 1.56 bits per heavy atom. The van der Waals surface area contributed by atoms with Gasteiger partial charge in [-0.1, -0.05) is 12.1 Å². The SMILES string of the molecule is CCOC(=O)C(O)C(O)c1cccc(C#N)c1F. The monoisotopic (exact) mass is 253 g/mol. The molecule has 0 fully saturated rings. The summed E-state index contributed by atoms with van der Waals surface area (Å²) in [5.74, 6) is -2.01. The number of halogens is 1. The molecule has 0 aromatic heterocycles. The van der Waals surface area contributed by atoms with Crippen LogP contribution in [0.3, 0.4) is 0 Å². The van der Waals surface area contributed by atoms with E-state index in [1.165, 1.54) is 25.1 Å². The summed E-state index contributed by atoms with van der Waals surface area (Å²) in [6.45, 7) is 1.57. The van der Waals surface area contributed by atoms with Crippen LogP contribution in [0.15, 0.2) is 18.2 Å². The summed E-state index contributed by atoms with van der Waals surface area (Å²) >= 11 is 0. The molecule has 96 valence electrons. The first kappa shape index (κ1) is 14.1. The average molecular weight is 253 g/mol. The van der Waals surface area contributed by atoms with E-state index in [-0.39, 0.29) is 17.7 Å². The lowest BCUT2D eigenvalue weighted by Crippen LogP contribution is -2.30. The fraction of sp³-hybridized carbons (Fsp3) is 0.333. The minimum absolute atomic E-state index is 0.0311. The Bertz CT molecular complexity index is 483. The predicted molar refractivity (Wildman–Crippen MR) is 58.7 cm³/mol. The topological polar surface area (TPSA) is 90.6 Å². The third kappa shape index (κ3) is 2.83. The Kier molecular flexibility index (Phi) is 4.77. The molecule has 0 amide bonds. The van der Waals surface area contributed by atoms with Crippen LogP contribution in [-0.4, -0.2) is 28.9 Å². The van der Waals surface area contributed by atoms with Crippen molar-refractivity contribution in [2.75, 3.05) is 6.61 Å². The van der Waals surface area contributed by atoms with E-state index in [0.29, 0.717) is 0 Å². The number of carbonyl (C=O) groups is 1. The maximum absolute atomic E-state index is 13.7. The number of nitriles is 1. The lowest BCUT2D eigenvalue weighted by atomic mass is 10.0. The van der Waals surface area contributed by atoms with Crippen molar-refractivity contribution in [2.24, 2.45) is 0 Å². The van der Waals surface area contributed by atoms with Crippen molar-refractivity contribution < 1.29 is 24.1 Å². The third-order valence-corrected chi connectivity index (χ3v) is 2.29. The van der Waals surface area contributed by atoms with Crippen LogP contribution < -0.4 is 0 Å². The molecular weight excluding hydrogens is 241 g/mol. The highest BCUT2D eigenvalue weighted by molar-refractivity contribution is 5.75. The molecule has 1 aromatic carbocycles. The number of aliphatic hydroxyl groups is 2. The molecule has 2 atom stereocenters. The molecule has 0 saturated carbocycles. The molecule has 0 heterocycles. The van der Waals surface area contributed by atoms with E-state index in [9.17, 15) is 19.4 Å². The summed E-state index contributed by atoms with van der Waals surface area (Å²) in [6.07, 6.45) is -3.68. The molecule has 0 saturated heterocycles.